The van der Waals surface area contributed by atoms with E-state index in [-0.39, 0.29) is 29.4 Å². The van der Waals surface area contributed by atoms with Gasteiger partial charge in [-0.2, -0.15) is 0 Å². The summed E-state index contributed by atoms with van der Waals surface area (Å²) < 4.78 is 5.88. The molecular weight excluding hydrogens is 314 g/mol. The average molecular weight is 328 g/mol. The molecule has 0 spiro atoms. The molecule has 0 heterocycles. The quantitative estimate of drug-likeness (QED) is 0.344. The van der Waals surface area contributed by atoms with Crippen LogP contribution in [0.15, 0.2) is 28.8 Å². The Morgan fingerprint density at radius 1 is 1.47 bits per heavy atom. The number of ether oxygens (including phenoxy) is 1. The maximum atomic E-state index is 11.5. The van der Waals surface area contributed by atoms with Crippen molar-refractivity contribution >= 4 is 27.4 Å². The largest absolute Gasteiger partial charge is 0.486 e. The zero-order chi connectivity index (χ0) is 14.6. The minimum absolute atomic E-state index is 0.0157. The predicted octanol–water partition coefficient (Wildman–Crippen LogP) is 3.90. The van der Waals surface area contributed by atoms with Gasteiger partial charge in [0.1, 0.15) is 0 Å². The van der Waals surface area contributed by atoms with Gasteiger partial charge in [-0.15, -0.1) is 6.58 Å². The van der Waals surface area contributed by atoms with E-state index >= 15 is 0 Å². The van der Waals surface area contributed by atoms with Crippen molar-refractivity contribution in [1.29, 1.82) is 0 Å². The van der Waals surface area contributed by atoms with Gasteiger partial charge in [-0.05, 0) is 19.9 Å². The van der Waals surface area contributed by atoms with Crippen LogP contribution >= 0.6 is 15.9 Å². The Balaban J connectivity index is 3.19. The van der Waals surface area contributed by atoms with Gasteiger partial charge in [-0.3, -0.25) is 14.9 Å². The van der Waals surface area contributed by atoms with E-state index in [9.17, 15) is 14.9 Å². The molecule has 5 nitrogen and oxygen atoms in total. The van der Waals surface area contributed by atoms with Gasteiger partial charge in [0.15, 0.2) is 5.78 Å². The summed E-state index contributed by atoms with van der Waals surface area (Å²) in [5.74, 6) is -0.267. The van der Waals surface area contributed by atoms with E-state index in [1.54, 1.807) is 0 Å². The standard InChI is InChI=1S/C13H14BrNO4/c1-8(2)4-5-19-13-11(9(3)16)6-10(14)7-12(13)15(17)18/h6-7H,1,4-5H2,2-3H3. The fourth-order valence-corrected chi connectivity index (χ4v) is 1.90. The van der Waals surface area contributed by atoms with Gasteiger partial charge >= 0.3 is 5.69 Å². The Morgan fingerprint density at radius 3 is 2.58 bits per heavy atom. The molecule has 102 valence electrons. The van der Waals surface area contributed by atoms with Crippen molar-refractivity contribution in [3.8, 4) is 5.75 Å². The van der Waals surface area contributed by atoms with Crippen molar-refractivity contribution in [3.63, 3.8) is 0 Å². The molecule has 0 unspecified atom stereocenters. The molecule has 0 aliphatic heterocycles. The van der Waals surface area contributed by atoms with E-state index in [0.29, 0.717) is 10.9 Å². The van der Waals surface area contributed by atoms with E-state index in [1.807, 2.05) is 6.92 Å². The number of hydrogen-bond donors (Lipinski definition) is 0. The first-order valence-electron chi connectivity index (χ1n) is 5.59. The summed E-state index contributed by atoms with van der Waals surface area (Å²) in [5, 5.41) is 11.0. The smallest absolute Gasteiger partial charge is 0.312 e. The number of nitrogens with zero attached hydrogens (tertiary/aromatic N) is 1. The van der Waals surface area contributed by atoms with Gasteiger partial charge < -0.3 is 4.74 Å². The summed E-state index contributed by atoms with van der Waals surface area (Å²) in [6.07, 6.45) is 0.574. The lowest BCUT2D eigenvalue weighted by molar-refractivity contribution is -0.386. The second-order valence-electron chi connectivity index (χ2n) is 4.17. The molecule has 0 aliphatic rings. The van der Waals surface area contributed by atoms with Gasteiger partial charge in [-0.25, -0.2) is 0 Å². The molecule has 19 heavy (non-hydrogen) atoms. The Morgan fingerprint density at radius 2 is 2.11 bits per heavy atom. The zero-order valence-electron chi connectivity index (χ0n) is 10.7. The number of nitro benzene ring substituents is 1. The first kappa shape index (κ1) is 15.4. The van der Waals surface area contributed by atoms with Crippen molar-refractivity contribution in [2.24, 2.45) is 0 Å². The monoisotopic (exact) mass is 327 g/mol. The second kappa shape index (κ2) is 6.47. The van der Waals surface area contributed by atoms with E-state index in [0.717, 1.165) is 5.57 Å². The van der Waals surface area contributed by atoms with Crippen LogP contribution in [-0.4, -0.2) is 17.3 Å². The lowest BCUT2D eigenvalue weighted by Crippen LogP contribution is -2.06. The minimum atomic E-state index is -0.562. The number of benzene rings is 1. The maximum Gasteiger partial charge on any atom is 0.312 e. The van der Waals surface area contributed by atoms with Gasteiger partial charge in [0.05, 0.1) is 17.1 Å². The van der Waals surface area contributed by atoms with Crippen molar-refractivity contribution in [3.05, 3.63) is 44.4 Å². The molecule has 0 atom stereocenters. The molecule has 6 heteroatoms. The Labute approximate surface area is 119 Å². The van der Waals surface area contributed by atoms with Crippen molar-refractivity contribution < 1.29 is 14.5 Å². The molecule has 0 saturated carbocycles. The molecular formula is C13H14BrNO4. The summed E-state index contributed by atoms with van der Waals surface area (Å²) in [7, 11) is 0. The van der Waals surface area contributed by atoms with Crippen LogP contribution in [0.5, 0.6) is 5.75 Å². The molecule has 0 aliphatic carbocycles. The molecule has 1 aromatic rings. The predicted molar refractivity (Wildman–Crippen MR) is 75.7 cm³/mol. The second-order valence-corrected chi connectivity index (χ2v) is 5.09. The summed E-state index contributed by atoms with van der Waals surface area (Å²) in [4.78, 5) is 22.0. The van der Waals surface area contributed by atoms with Crippen LogP contribution in [0, 0.1) is 10.1 Å². The first-order chi connectivity index (χ1) is 8.82. The molecule has 0 amide bonds. The third kappa shape index (κ3) is 4.17. The molecule has 0 aromatic heterocycles. The first-order valence-corrected chi connectivity index (χ1v) is 6.38. The van der Waals surface area contributed by atoms with Crippen LogP contribution in [0.2, 0.25) is 0 Å². The third-order valence-electron chi connectivity index (χ3n) is 2.39. The number of ketones is 1. The number of carbonyl (C=O) groups excluding carboxylic acids is 1. The maximum absolute atomic E-state index is 11.5. The van der Waals surface area contributed by atoms with Crippen molar-refractivity contribution in [2.75, 3.05) is 6.61 Å². The topological polar surface area (TPSA) is 69.4 Å². The highest BCUT2D eigenvalue weighted by Gasteiger charge is 2.23. The number of hydrogen-bond acceptors (Lipinski definition) is 4. The number of Topliss-reactive ketones (excluding diaryl/α,β-unsaturated/α-hetero) is 1. The number of carbonyl (C=O) groups is 1. The van der Waals surface area contributed by atoms with Crippen LogP contribution in [0.25, 0.3) is 0 Å². The summed E-state index contributed by atoms with van der Waals surface area (Å²) in [6, 6.07) is 2.84. The van der Waals surface area contributed by atoms with E-state index in [2.05, 4.69) is 22.5 Å². The van der Waals surface area contributed by atoms with E-state index in [1.165, 1.54) is 19.1 Å². The van der Waals surface area contributed by atoms with Crippen molar-refractivity contribution in [2.45, 2.75) is 20.3 Å². The molecule has 1 aromatic carbocycles. The van der Waals surface area contributed by atoms with Crippen LogP contribution < -0.4 is 4.74 Å². The Kier molecular flexibility index (Phi) is 5.23. The molecule has 1 rings (SSSR count). The van der Waals surface area contributed by atoms with Crippen LogP contribution in [0.4, 0.5) is 5.69 Å². The number of halogens is 1. The van der Waals surface area contributed by atoms with Gasteiger partial charge in [0.25, 0.3) is 0 Å². The lowest BCUT2D eigenvalue weighted by atomic mass is 10.1. The highest BCUT2D eigenvalue weighted by atomic mass is 79.9. The number of nitro groups is 1. The van der Waals surface area contributed by atoms with Gasteiger partial charge in [0, 0.05) is 17.0 Å². The van der Waals surface area contributed by atoms with Gasteiger partial charge in [0.2, 0.25) is 5.75 Å². The van der Waals surface area contributed by atoms with E-state index < -0.39 is 4.92 Å². The molecule has 0 bridgehead atoms. The Bertz CT molecular complexity index is 504. The SMILES string of the molecule is C=C(C)CCOc1c(C(C)=O)cc(Br)cc1[N+](=O)[O-]. The fraction of sp³-hybridized carbons (Fsp3) is 0.308. The average Bonchev–Trinajstić information content (AvgIpc) is 2.29. The highest BCUT2D eigenvalue weighted by molar-refractivity contribution is 9.10. The Hall–Kier alpha value is -1.69. The van der Waals surface area contributed by atoms with Crippen LogP contribution in [-0.2, 0) is 0 Å². The molecule has 0 fully saturated rings. The fourth-order valence-electron chi connectivity index (χ4n) is 1.46. The highest BCUT2D eigenvalue weighted by Crippen LogP contribution is 2.35. The normalized spacial score (nSPS) is 10.1. The third-order valence-corrected chi connectivity index (χ3v) is 2.84. The summed E-state index contributed by atoms with van der Waals surface area (Å²) in [5.41, 5.74) is 0.883. The van der Waals surface area contributed by atoms with Crippen LogP contribution in [0.1, 0.15) is 30.6 Å². The molecule has 0 radical (unpaired) electrons. The number of rotatable bonds is 6. The van der Waals surface area contributed by atoms with Crippen molar-refractivity contribution in [1.82, 2.24) is 0 Å². The molecule has 0 saturated heterocycles. The zero-order valence-corrected chi connectivity index (χ0v) is 12.3. The van der Waals surface area contributed by atoms with Crippen LogP contribution in [0.3, 0.4) is 0 Å². The van der Waals surface area contributed by atoms with E-state index in [4.69, 9.17) is 4.74 Å². The minimum Gasteiger partial charge on any atom is -0.486 e. The lowest BCUT2D eigenvalue weighted by Gasteiger charge is -2.10. The van der Waals surface area contributed by atoms with Gasteiger partial charge in [-0.1, -0.05) is 21.5 Å². The summed E-state index contributed by atoms with van der Waals surface area (Å²) in [6.45, 7) is 7.16. The summed E-state index contributed by atoms with van der Waals surface area (Å²) >= 11 is 3.15. The molecule has 0 N–H and O–H groups in total.